The van der Waals surface area contributed by atoms with Crippen molar-refractivity contribution in [2.24, 2.45) is 5.41 Å². The molecule has 0 saturated carbocycles. The summed E-state index contributed by atoms with van der Waals surface area (Å²) in [6, 6.07) is 24.9. The molecule has 6 heteroatoms. The van der Waals surface area contributed by atoms with E-state index in [1.165, 1.54) is 10.5 Å². The first-order valence-corrected chi connectivity index (χ1v) is 12.7. The molecule has 0 N–H and O–H groups in total. The van der Waals surface area contributed by atoms with E-state index in [-0.39, 0.29) is 20.9 Å². The zero-order chi connectivity index (χ0) is 23.6. The average Bonchev–Trinajstić information content (AvgIpc) is 3.00. The summed E-state index contributed by atoms with van der Waals surface area (Å²) in [6.45, 7) is 4.13. The van der Waals surface area contributed by atoms with Gasteiger partial charge in [-0.15, -0.1) is 0 Å². The molecule has 3 aromatic rings. The summed E-state index contributed by atoms with van der Waals surface area (Å²) in [7, 11) is 0. The third kappa shape index (κ3) is 4.78. The SMILES string of the molecule is CC1=C(c2cccc(C(F)(F)F)c2)N(Cc2ccccc2)C(=O)C1(C)C[Se]c1ccccc1. The van der Waals surface area contributed by atoms with Gasteiger partial charge in [-0.3, -0.25) is 0 Å². The fourth-order valence-corrected chi connectivity index (χ4v) is 6.47. The molecule has 33 heavy (non-hydrogen) atoms. The number of halogens is 3. The van der Waals surface area contributed by atoms with E-state index in [2.05, 4.69) is 12.1 Å². The van der Waals surface area contributed by atoms with Gasteiger partial charge in [-0.2, -0.15) is 0 Å². The van der Waals surface area contributed by atoms with Crippen molar-refractivity contribution in [1.29, 1.82) is 0 Å². The summed E-state index contributed by atoms with van der Waals surface area (Å²) >= 11 is 0.0502. The molecule has 0 aromatic heterocycles. The molecule has 1 aliphatic heterocycles. The Balaban J connectivity index is 1.76. The first-order chi connectivity index (χ1) is 15.7. The second-order valence-corrected chi connectivity index (χ2v) is 10.6. The molecule has 3 aromatic carbocycles. The van der Waals surface area contributed by atoms with Crippen molar-refractivity contribution in [3.8, 4) is 0 Å². The number of carbonyl (C=O) groups is 1. The number of benzene rings is 3. The quantitative estimate of drug-likeness (QED) is 0.374. The van der Waals surface area contributed by atoms with Crippen LogP contribution < -0.4 is 4.46 Å². The van der Waals surface area contributed by atoms with E-state index in [0.29, 0.717) is 23.1 Å². The minimum atomic E-state index is -4.45. The Morgan fingerprint density at radius 1 is 0.909 bits per heavy atom. The van der Waals surface area contributed by atoms with Crippen LogP contribution in [0.5, 0.6) is 0 Å². The number of carbonyl (C=O) groups excluding carboxylic acids is 1. The van der Waals surface area contributed by atoms with Gasteiger partial charge in [0, 0.05) is 0 Å². The van der Waals surface area contributed by atoms with Gasteiger partial charge in [0.05, 0.1) is 0 Å². The van der Waals surface area contributed by atoms with Crippen LogP contribution in [0.4, 0.5) is 13.2 Å². The summed E-state index contributed by atoms with van der Waals surface area (Å²) in [5, 5.41) is 0.641. The van der Waals surface area contributed by atoms with Crippen LogP contribution in [0.3, 0.4) is 0 Å². The molecule has 170 valence electrons. The van der Waals surface area contributed by atoms with Gasteiger partial charge in [-0.05, 0) is 0 Å². The van der Waals surface area contributed by atoms with Crippen molar-refractivity contribution < 1.29 is 18.0 Å². The van der Waals surface area contributed by atoms with Gasteiger partial charge < -0.3 is 0 Å². The molecular weight excluding hydrogens is 490 g/mol. The van der Waals surface area contributed by atoms with Crippen LogP contribution in [0.2, 0.25) is 5.32 Å². The number of rotatable bonds is 6. The van der Waals surface area contributed by atoms with Crippen LogP contribution in [0, 0.1) is 5.41 Å². The summed E-state index contributed by atoms with van der Waals surface area (Å²) in [4.78, 5) is 15.5. The molecule has 0 saturated heterocycles. The van der Waals surface area contributed by atoms with Crippen molar-refractivity contribution >= 4 is 31.0 Å². The van der Waals surface area contributed by atoms with Crippen molar-refractivity contribution in [2.45, 2.75) is 31.9 Å². The summed E-state index contributed by atoms with van der Waals surface area (Å²) in [5.74, 6) is -0.0610. The van der Waals surface area contributed by atoms with Crippen LogP contribution in [-0.2, 0) is 17.5 Å². The topological polar surface area (TPSA) is 20.3 Å². The molecule has 4 rings (SSSR count). The molecule has 0 spiro atoms. The number of hydrogen-bond donors (Lipinski definition) is 0. The van der Waals surface area contributed by atoms with Crippen molar-refractivity contribution in [2.75, 3.05) is 0 Å². The Bertz CT molecular complexity index is 1170. The second-order valence-electron chi connectivity index (χ2n) is 8.36. The monoisotopic (exact) mass is 515 g/mol. The normalized spacial score (nSPS) is 18.8. The van der Waals surface area contributed by atoms with E-state index in [0.717, 1.165) is 23.3 Å². The number of hydrogen-bond acceptors (Lipinski definition) is 1. The molecule has 1 unspecified atom stereocenters. The van der Waals surface area contributed by atoms with E-state index in [9.17, 15) is 18.0 Å². The molecular formula is C27H24F3NOSe. The third-order valence-corrected chi connectivity index (χ3v) is 8.87. The fraction of sp³-hybridized carbons (Fsp3) is 0.222. The van der Waals surface area contributed by atoms with Crippen LogP contribution in [0.1, 0.15) is 30.5 Å². The number of nitrogens with zero attached hydrogens (tertiary/aromatic N) is 1. The fourth-order valence-electron chi connectivity index (χ4n) is 4.07. The van der Waals surface area contributed by atoms with E-state index in [4.69, 9.17) is 0 Å². The van der Waals surface area contributed by atoms with Gasteiger partial charge in [0.25, 0.3) is 0 Å². The molecule has 1 amide bonds. The van der Waals surface area contributed by atoms with Gasteiger partial charge in [-0.25, -0.2) is 0 Å². The maximum absolute atomic E-state index is 13.8. The zero-order valence-electron chi connectivity index (χ0n) is 18.4. The van der Waals surface area contributed by atoms with Crippen molar-refractivity contribution in [1.82, 2.24) is 4.90 Å². The Morgan fingerprint density at radius 3 is 2.18 bits per heavy atom. The predicted molar refractivity (Wildman–Crippen MR) is 126 cm³/mol. The summed E-state index contributed by atoms with van der Waals surface area (Å²) < 4.78 is 41.5. The molecule has 1 aliphatic rings. The van der Waals surface area contributed by atoms with E-state index >= 15 is 0 Å². The molecule has 0 bridgehead atoms. The molecule has 0 radical (unpaired) electrons. The first kappa shape index (κ1) is 23.3. The molecule has 0 aliphatic carbocycles. The standard InChI is InChI=1S/C27H24F3NOSe/c1-19-24(21-12-9-13-22(16-21)27(28,29)30)31(17-20-10-5-3-6-11-20)25(32)26(19,2)18-33-23-14-7-4-8-15-23/h3-16H,17-18H2,1-2H3. The van der Waals surface area contributed by atoms with Crippen molar-refractivity contribution in [3.05, 3.63) is 107 Å². The number of alkyl halides is 3. The van der Waals surface area contributed by atoms with E-state index in [1.807, 2.05) is 62.4 Å². The van der Waals surface area contributed by atoms with Gasteiger partial charge in [0.1, 0.15) is 0 Å². The second kappa shape index (κ2) is 9.20. The van der Waals surface area contributed by atoms with Crippen LogP contribution in [0.25, 0.3) is 5.70 Å². The molecule has 0 fully saturated rings. The first-order valence-electron chi connectivity index (χ1n) is 10.6. The predicted octanol–water partition coefficient (Wildman–Crippen LogP) is 5.93. The number of amides is 1. The van der Waals surface area contributed by atoms with Crippen LogP contribution >= 0.6 is 0 Å². The Labute approximate surface area is 198 Å². The Hall–Kier alpha value is -2.82. The Morgan fingerprint density at radius 2 is 1.55 bits per heavy atom. The van der Waals surface area contributed by atoms with Gasteiger partial charge in [0.2, 0.25) is 0 Å². The average molecular weight is 514 g/mol. The molecule has 1 atom stereocenters. The Kier molecular flexibility index (Phi) is 6.51. The maximum atomic E-state index is 13.8. The van der Waals surface area contributed by atoms with Gasteiger partial charge in [0.15, 0.2) is 0 Å². The zero-order valence-corrected chi connectivity index (χ0v) is 20.1. The van der Waals surface area contributed by atoms with Crippen LogP contribution in [0.15, 0.2) is 90.5 Å². The van der Waals surface area contributed by atoms with Gasteiger partial charge in [-0.1, -0.05) is 0 Å². The van der Waals surface area contributed by atoms with Gasteiger partial charge >= 0.3 is 198 Å². The molecule has 1 heterocycles. The van der Waals surface area contributed by atoms with Crippen LogP contribution in [-0.4, -0.2) is 25.8 Å². The minimum absolute atomic E-state index is 0.0502. The molecule has 2 nitrogen and oxygen atoms in total. The third-order valence-electron chi connectivity index (χ3n) is 6.09. The van der Waals surface area contributed by atoms with Crippen molar-refractivity contribution in [3.63, 3.8) is 0 Å². The summed E-state index contributed by atoms with van der Waals surface area (Å²) in [6.07, 6.45) is -4.45. The van der Waals surface area contributed by atoms with E-state index in [1.54, 1.807) is 11.0 Å². The van der Waals surface area contributed by atoms with E-state index < -0.39 is 17.2 Å². The summed E-state index contributed by atoms with van der Waals surface area (Å²) in [5.41, 5.74) is 1.27.